The van der Waals surface area contributed by atoms with Crippen molar-refractivity contribution < 1.29 is 9.59 Å². The van der Waals surface area contributed by atoms with Crippen LogP contribution in [0.15, 0.2) is 41.4 Å². The SMILES string of the molecule is O=C(c1ccsc1)N1CCC2(CCCN(Cc3cccnc3)C2=O)C1. The van der Waals surface area contributed by atoms with E-state index < -0.39 is 5.41 Å². The number of pyridine rings is 1. The summed E-state index contributed by atoms with van der Waals surface area (Å²) in [6.07, 6.45) is 6.20. The van der Waals surface area contributed by atoms with E-state index in [1.54, 1.807) is 6.20 Å². The van der Waals surface area contributed by atoms with Crippen LogP contribution in [0.3, 0.4) is 0 Å². The number of carbonyl (C=O) groups is 2. The lowest BCUT2D eigenvalue weighted by Crippen LogP contribution is -2.50. The Hall–Kier alpha value is -2.21. The fourth-order valence-corrected chi connectivity index (χ4v) is 4.64. The quantitative estimate of drug-likeness (QED) is 0.851. The number of aromatic nitrogens is 1. The highest BCUT2D eigenvalue weighted by atomic mass is 32.1. The maximum absolute atomic E-state index is 13.2. The monoisotopic (exact) mass is 355 g/mol. The second kappa shape index (κ2) is 6.59. The molecule has 2 fully saturated rings. The molecule has 1 unspecified atom stereocenters. The Labute approximate surface area is 151 Å². The normalized spacial score (nSPS) is 23.4. The van der Waals surface area contributed by atoms with Crippen molar-refractivity contribution in [1.29, 1.82) is 0 Å². The van der Waals surface area contributed by atoms with Crippen molar-refractivity contribution in [3.05, 3.63) is 52.5 Å². The first kappa shape index (κ1) is 16.3. The molecule has 0 saturated carbocycles. The average Bonchev–Trinajstić information content (AvgIpc) is 3.31. The lowest BCUT2D eigenvalue weighted by Gasteiger charge is -2.39. The maximum Gasteiger partial charge on any atom is 0.254 e. The number of piperidine rings is 1. The first-order valence-corrected chi connectivity index (χ1v) is 9.62. The van der Waals surface area contributed by atoms with E-state index in [1.807, 2.05) is 45.0 Å². The zero-order valence-corrected chi connectivity index (χ0v) is 14.9. The predicted molar refractivity (Wildman–Crippen MR) is 96.2 cm³/mol. The number of carbonyl (C=O) groups excluding carboxylic acids is 2. The summed E-state index contributed by atoms with van der Waals surface area (Å²) < 4.78 is 0. The number of amides is 2. The Kier molecular flexibility index (Phi) is 4.29. The van der Waals surface area contributed by atoms with E-state index in [1.165, 1.54) is 11.3 Å². The van der Waals surface area contributed by atoms with Crippen LogP contribution in [-0.2, 0) is 11.3 Å². The van der Waals surface area contributed by atoms with Gasteiger partial charge in [-0.2, -0.15) is 11.3 Å². The zero-order chi connectivity index (χ0) is 17.3. The first-order chi connectivity index (χ1) is 12.2. The lowest BCUT2D eigenvalue weighted by molar-refractivity contribution is -0.146. The lowest BCUT2D eigenvalue weighted by atomic mass is 9.78. The van der Waals surface area contributed by atoms with E-state index >= 15 is 0 Å². The summed E-state index contributed by atoms with van der Waals surface area (Å²) in [6, 6.07) is 5.76. The van der Waals surface area contributed by atoms with Gasteiger partial charge in [0.1, 0.15) is 0 Å². The predicted octanol–water partition coefficient (Wildman–Crippen LogP) is 2.80. The van der Waals surface area contributed by atoms with Crippen LogP contribution in [0.1, 0.15) is 35.2 Å². The van der Waals surface area contributed by atoms with Gasteiger partial charge in [-0.15, -0.1) is 0 Å². The first-order valence-electron chi connectivity index (χ1n) is 8.68. The van der Waals surface area contributed by atoms with E-state index in [2.05, 4.69) is 4.98 Å². The van der Waals surface area contributed by atoms with Crippen molar-refractivity contribution >= 4 is 23.2 Å². The molecule has 2 aliphatic rings. The molecule has 0 aliphatic carbocycles. The highest BCUT2D eigenvalue weighted by Crippen LogP contribution is 2.41. The third kappa shape index (κ3) is 3.06. The Morgan fingerprint density at radius 3 is 2.96 bits per heavy atom. The summed E-state index contributed by atoms with van der Waals surface area (Å²) in [6.45, 7) is 2.60. The minimum Gasteiger partial charge on any atom is -0.338 e. The second-order valence-corrected chi connectivity index (χ2v) is 7.74. The molecule has 25 heavy (non-hydrogen) atoms. The van der Waals surface area contributed by atoms with Gasteiger partial charge in [0.05, 0.1) is 11.0 Å². The molecule has 4 rings (SSSR count). The number of hydrogen-bond acceptors (Lipinski definition) is 4. The Balaban J connectivity index is 1.48. The number of thiophene rings is 1. The average molecular weight is 355 g/mol. The van der Waals surface area contributed by atoms with Crippen molar-refractivity contribution in [3.8, 4) is 0 Å². The van der Waals surface area contributed by atoms with Crippen LogP contribution < -0.4 is 0 Å². The van der Waals surface area contributed by atoms with Crippen LogP contribution in [0.2, 0.25) is 0 Å². The molecule has 2 amide bonds. The Morgan fingerprint density at radius 1 is 1.28 bits per heavy atom. The van der Waals surface area contributed by atoms with E-state index in [0.717, 1.165) is 36.9 Å². The number of rotatable bonds is 3. The molecule has 0 bridgehead atoms. The molecule has 2 aliphatic heterocycles. The van der Waals surface area contributed by atoms with Gasteiger partial charge in [-0.1, -0.05) is 6.07 Å². The molecular formula is C19H21N3O2S. The molecule has 2 aromatic heterocycles. The summed E-state index contributed by atoms with van der Waals surface area (Å²) in [5.74, 6) is 0.249. The zero-order valence-electron chi connectivity index (χ0n) is 14.1. The minimum atomic E-state index is -0.397. The molecular weight excluding hydrogens is 334 g/mol. The molecule has 0 N–H and O–H groups in total. The van der Waals surface area contributed by atoms with Gasteiger partial charge in [-0.25, -0.2) is 0 Å². The summed E-state index contributed by atoms with van der Waals surface area (Å²) in [5, 5.41) is 3.80. The van der Waals surface area contributed by atoms with Crippen molar-refractivity contribution in [2.75, 3.05) is 19.6 Å². The molecule has 2 saturated heterocycles. The van der Waals surface area contributed by atoms with Gasteiger partial charge in [0.2, 0.25) is 5.91 Å². The van der Waals surface area contributed by atoms with Crippen LogP contribution in [0.25, 0.3) is 0 Å². The van der Waals surface area contributed by atoms with Gasteiger partial charge in [-0.05, 0) is 42.3 Å². The molecule has 1 spiro atoms. The van der Waals surface area contributed by atoms with Crippen LogP contribution in [0.5, 0.6) is 0 Å². The third-order valence-corrected chi connectivity index (χ3v) is 6.01. The second-order valence-electron chi connectivity index (χ2n) is 6.96. The minimum absolute atomic E-state index is 0.0512. The number of nitrogens with zero attached hydrogens (tertiary/aromatic N) is 3. The van der Waals surface area contributed by atoms with Crippen LogP contribution in [0.4, 0.5) is 0 Å². The van der Waals surface area contributed by atoms with Gasteiger partial charge in [-0.3, -0.25) is 14.6 Å². The molecule has 4 heterocycles. The standard InChI is InChI=1S/C19H21N3O2S/c23-17(16-4-10-25-13-16)22-9-6-19(14-22)5-2-8-21(18(19)24)12-15-3-1-7-20-11-15/h1,3-4,7,10-11,13H,2,5-6,8-9,12,14H2. The fourth-order valence-electron chi connectivity index (χ4n) is 4.01. The van der Waals surface area contributed by atoms with E-state index in [9.17, 15) is 9.59 Å². The smallest absolute Gasteiger partial charge is 0.254 e. The third-order valence-electron chi connectivity index (χ3n) is 5.33. The summed E-state index contributed by atoms with van der Waals surface area (Å²) in [7, 11) is 0. The van der Waals surface area contributed by atoms with Gasteiger partial charge in [0.15, 0.2) is 0 Å². The molecule has 0 aromatic carbocycles. The van der Waals surface area contributed by atoms with E-state index in [0.29, 0.717) is 19.6 Å². The molecule has 0 radical (unpaired) electrons. The Bertz CT molecular complexity index is 762. The maximum atomic E-state index is 13.2. The molecule has 1 atom stereocenters. The van der Waals surface area contributed by atoms with Crippen molar-refractivity contribution in [3.63, 3.8) is 0 Å². The molecule has 130 valence electrons. The number of hydrogen-bond donors (Lipinski definition) is 0. The summed E-state index contributed by atoms with van der Waals surface area (Å²) >= 11 is 1.53. The van der Waals surface area contributed by atoms with E-state index in [4.69, 9.17) is 0 Å². The van der Waals surface area contributed by atoms with E-state index in [-0.39, 0.29) is 11.8 Å². The highest BCUT2D eigenvalue weighted by Gasteiger charge is 2.49. The molecule has 6 heteroatoms. The van der Waals surface area contributed by atoms with Crippen molar-refractivity contribution in [2.24, 2.45) is 5.41 Å². The van der Waals surface area contributed by atoms with Gasteiger partial charge in [0, 0.05) is 44.0 Å². The summed E-state index contributed by atoms with van der Waals surface area (Å²) in [4.78, 5) is 33.7. The van der Waals surface area contributed by atoms with Gasteiger partial charge in [0.25, 0.3) is 5.91 Å². The number of likely N-dealkylation sites (tertiary alicyclic amines) is 2. The van der Waals surface area contributed by atoms with Crippen LogP contribution >= 0.6 is 11.3 Å². The summed E-state index contributed by atoms with van der Waals surface area (Å²) in [5.41, 5.74) is 1.39. The molecule has 2 aromatic rings. The highest BCUT2D eigenvalue weighted by molar-refractivity contribution is 7.08. The fraction of sp³-hybridized carbons (Fsp3) is 0.421. The van der Waals surface area contributed by atoms with Crippen molar-refractivity contribution in [1.82, 2.24) is 14.8 Å². The topological polar surface area (TPSA) is 53.5 Å². The van der Waals surface area contributed by atoms with Crippen molar-refractivity contribution in [2.45, 2.75) is 25.8 Å². The molecule has 5 nitrogen and oxygen atoms in total. The van der Waals surface area contributed by atoms with Gasteiger partial charge >= 0.3 is 0 Å². The largest absolute Gasteiger partial charge is 0.338 e. The van der Waals surface area contributed by atoms with Crippen LogP contribution in [0, 0.1) is 5.41 Å². The van der Waals surface area contributed by atoms with Gasteiger partial charge < -0.3 is 9.80 Å². The Morgan fingerprint density at radius 2 is 2.20 bits per heavy atom. The van der Waals surface area contributed by atoms with Crippen LogP contribution in [-0.4, -0.2) is 46.2 Å².